The lowest BCUT2D eigenvalue weighted by atomic mass is 9.95. The summed E-state index contributed by atoms with van der Waals surface area (Å²) < 4.78 is 2.19. The van der Waals surface area contributed by atoms with Crippen LogP contribution >= 0.6 is 23.1 Å². The van der Waals surface area contributed by atoms with Crippen LogP contribution in [-0.4, -0.2) is 16.6 Å². The molecule has 1 aromatic heterocycles. The minimum atomic E-state index is -0.383. The molecule has 2 aromatic rings. The first-order valence-corrected chi connectivity index (χ1v) is 8.05. The van der Waals surface area contributed by atoms with Crippen molar-refractivity contribution in [3.05, 3.63) is 18.2 Å². The lowest BCUT2D eigenvalue weighted by molar-refractivity contribution is -0.123. The van der Waals surface area contributed by atoms with E-state index in [4.69, 9.17) is 0 Å². The van der Waals surface area contributed by atoms with Gasteiger partial charge in [-0.05, 0) is 24.0 Å². The van der Waals surface area contributed by atoms with Crippen molar-refractivity contribution in [3.8, 4) is 0 Å². The highest BCUT2D eigenvalue weighted by atomic mass is 32.2. The van der Waals surface area contributed by atoms with Crippen molar-refractivity contribution < 1.29 is 4.79 Å². The number of thiazole rings is 1. The number of fused-ring (bicyclic) bond motifs is 1. The molecule has 0 saturated heterocycles. The minimum Gasteiger partial charge on any atom is -0.326 e. The zero-order valence-corrected chi connectivity index (χ0v) is 13.2. The van der Waals surface area contributed by atoms with Gasteiger partial charge in [-0.3, -0.25) is 4.79 Å². The Labute approximate surface area is 121 Å². The van der Waals surface area contributed by atoms with Crippen LogP contribution in [0.4, 0.5) is 5.69 Å². The van der Waals surface area contributed by atoms with Gasteiger partial charge in [-0.1, -0.05) is 39.5 Å². The van der Waals surface area contributed by atoms with Gasteiger partial charge in [-0.25, -0.2) is 4.98 Å². The third-order valence-electron chi connectivity index (χ3n) is 2.58. The maximum absolute atomic E-state index is 12.0. The van der Waals surface area contributed by atoms with Crippen LogP contribution in [0.2, 0.25) is 0 Å². The number of carbonyl (C=O) groups excluding carboxylic acids is 1. The van der Waals surface area contributed by atoms with E-state index in [9.17, 15) is 4.79 Å². The second kappa shape index (κ2) is 5.51. The van der Waals surface area contributed by atoms with Crippen molar-refractivity contribution in [2.45, 2.75) is 32.0 Å². The topological polar surface area (TPSA) is 42.0 Å². The zero-order chi connectivity index (χ0) is 14.0. The molecule has 1 heterocycles. The maximum Gasteiger partial charge on any atom is 0.229 e. The van der Waals surface area contributed by atoms with Gasteiger partial charge in [0, 0.05) is 11.1 Å². The largest absolute Gasteiger partial charge is 0.326 e. The molecule has 1 aromatic carbocycles. The number of nitrogens with one attached hydrogen (secondary N) is 1. The number of carbonyl (C=O) groups is 1. The predicted octanol–water partition coefficient (Wildman–Crippen LogP) is 4.39. The van der Waals surface area contributed by atoms with Crippen LogP contribution in [0.1, 0.15) is 27.7 Å². The van der Waals surface area contributed by atoms with Crippen molar-refractivity contribution in [2.75, 3.05) is 11.1 Å². The molecule has 1 amide bonds. The fraction of sp³-hybridized carbons (Fsp3) is 0.429. The molecular weight excluding hydrogens is 276 g/mol. The predicted molar refractivity (Wildman–Crippen MR) is 84.1 cm³/mol. The summed E-state index contributed by atoms with van der Waals surface area (Å²) >= 11 is 3.42. The van der Waals surface area contributed by atoms with Crippen LogP contribution in [0.5, 0.6) is 0 Å². The summed E-state index contributed by atoms with van der Waals surface area (Å²) in [7, 11) is 0. The molecule has 0 saturated carbocycles. The summed E-state index contributed by atoms with van der Waals surface area (Å²) in [6.45, 7) is 7.84. The molecule has 0 unspecified atom stereocenters. The Bertz CT molecular complexity index is 599. The van der Waals surface area contributed by atoms with Gasteiger partial charge in [-0.15, -0.1) is 11.3 Å². The van der Waals surface area contributed by atoms with Gasteiger partial charge < -0.3 is 5.32 Å². The Morgan fingerprint density at radius 2 is 2.16 bits per heavy atom. The van der Waals surface area contributed by atoms with Crippen LogP contribution in [0.3, 0.4) is 0 Å². The summed E-state index contributed by atoms with van der Waals surface area (Å²) in [6.07, 6.45) is 0. The van der Waals surface area contributed by atoms with Gasteiger partial charge in [0.25, 0.3) is 0 Å². The Morgan fingerprint density at radius 1 is 1.42 bits per heavy atom. The molecule has 0 aliphatic rings. The van der Waals surface area contributed by atoms with Crippen LogP contribution in [0, 0.1) is 5.41 Å². The fourth-order valence-corrected chi connectivity index (χ4v) is 3.49. The highest BCUT2D eigenvalue weighted by Gasteiger charge is 2.21. The zero-order valence-electron chi connectivity index (χ0n) is 11.6. The molecule has 0 radical (unpaired) electrons. The smallest absolute Gasteiger partial charge is 0.229 e. The number of hydrogen-bond acceptors (Lipinski definition) is 4. The van der Waals surface area contributed by atoms with Crippen LogP contribution in [-0.2, 0) is 4.79 Å². The maximum atomic E-state index is 12.0. The molecule has 0 atom stereocenters. The Morgan fingerprint density at radius 3 is 2.79 bits per heavy atom. The first kappa shape index (κ1) is 14.3. The molecule has 0 bridgehead atoms. The van der Waals surface area contributed by atoms with Gasteiger partial charge >= 0.3 is 0 Å². The van der Waals surface area contributed by atoms with Crippen LogP contribution in [0.15, 0.2) is 22.5 Å². The lowest BCUT2D eigenvalue weighted by Gasteiger charge is -2.17. The van der Waals surface area contributed by atoms with Crippen molar-refractivity contribution in [1.82, 2.24) is 4.98 Å². The molecule has 2 rings (SSSR count). The molecule has 19 heavy (non-hydrogen) atoms. The monoisotopic (exact) mass is 294 g/mol. The number of thioether (sulfide) groups is 1. The highest BCUT2D eigenvalue weighted by Crippen LogP contribution is 2.31. The third-order valence-corrected chi connectivity index (χ3v) is 4.62. The van der Waals surface area contributed by atoms with Gasteiger partial charge in [0.15, 0.2) is 4.34 Å². The Kier molecular flexibility index (Phi) is 4.16. The number of amides is 1. The van der Waals surface area contributed by atoms with Gasteiger partial charge in [0.05, 0.1) is 10.2 Å². The number of nitrogens with zero attached hydrogens (tertiary/aromatic N) is 1. The van der Waals surface area contributed by atoms with Crippen LogP contribution < -0.4 is 5.32 Å². The first-order valence-electron chi connectivity index (χ1n) is 6.25. The number of rotatable bonds is 3. The average molecular weight is 294 g/mol. The second-order valence-corrected chi connectivity index (χ2v) is 7.84. The summed E-state index contributed by atoms with van der Waals surface area (Å²) in [5.74, 6) is 1.05. The fourth-order valence-electron chi connectivity index (χ4n) is 1.49. The van der Waals surface area contributed by atoms with E-state index >= 15 is 0 Å². The summed E-state index contributed by atoms with van der Waals surface area (Å²) in [5, 5.41) is 2.95. The Hall–Kier alpha value is -1.07. The van der Waals surface area contributed by atoms with Gasteiger partial charge in [0.1, 0.15) is 0 Å². The Balaban J connectivity index is 2.24. The number of benzene rings is 1. The van der Waals surface area contributed by atoms with E-state index in [0.29, 0.717) is 0 Å². The molecule has 0 aliphatic carbocycles. The van der Waals surface area contributed by atoms with Crippen molar-refractivity contribution in [1.29, 1.82) is 0 Å². The van der Waals surface area contributed by atoms with Crippen molar-refractivity contribution in [2.24, 2.45) is 5.41 Å². The molecule has 3 nitrogen and oxygen atoms in total. The molecule has 0 aliphatic heterocycles. The normalized spacial score (nSPS) is 11.8. The van der Waals surface area contributed by atoms with Gasteiger partial charge in [0.2, 0.25) is 5.91 Å². The van der Waals surface area contributed by atoms with E-state index in [1.807, 2.05) is 39.0 Å². The van der Waals surface area contributed by atoms with E-state index in [-0.39, 0.29) is 11.3 Å². The van der Waals surface area contributed by atoms with E-state index in [1.54, 1.807) is 23.1 Å². The third kappa shape index (κ3) is 3.48. The minimum absolute atomic E-state index is 0.0273. The van der Waals surface area contributed by atoms with Crippen molar-refractivity contribution in [3.63, 3.8) is 0 Å². The first-order chi connectivity index (χ1) is 8.90. The molecule has 1 N–H and O–H groups in total. The second-order valence-electron chi connectivity index (χ2n) is 5.30. The molecule has 5 heteroatoms. The SMILES string of the molecule is CCSc1nc2ccc(NC(=O)C(C)(C)C)cc2s1. The highest BCUT2D eigenvalue weighted by molar-refractivity contribution is 8.01. The van der Waals surface area contributed by atoms with Crippen molar-refractivity contribution >= 4 is 44.9 Å². The van der Waals surface area contributed by atoms with E-state index in [1.165, 1.54) is 0 Å². The molecule has 0 spiro atoms. The van der Waals surface area contributed by atoms with Gasteiger partial charge in [-0.2, -0.15) is 0 Å². The quantitative estimate of drug-likeness (QED) is 0.853. The number of aromatic nitrogens is 1. The summed E-state index contributed by atoms with van der Waals surface area (Å²) in [4.78, 5) is 16.5. The molecular formula is C14H18N2OS2. The molecule has 0 fully saturated rings. The lowest BCUT2D eigenvalue weighted by Crippen LogP contribution is -2.27. The van der Waals surface area contributed by atoms with E-state index < -0.39 is 0 Å². The summed E-state index contributed by atoms with van der Waals surface area (Å²) in [6, 6.07) is 5.87. The standard InChI is InChI=1S/C14H18N2OS2/c1-5-18-13-16-10-7-6-9(8-11(10)19-13)15-12(17)14(2,3)4/h6-8H,5H2,1-4H3,(H,15,17). The van der Waals surface area contributed by atoms with E-state index in [0.717, 1.165) is 26.0 Å². The molecule has 102 valence electrons. The number of hydrogen-bond donors (Lipinski definition) is 1. The summed E-state index contributed by atoms with van der Waals surface area (Å²) in [5.41, 5.74) is 1.45. The average Bonchev–Trinajstić information content (AvgIpc) is 2.69. The van der Waals surface area contributed by atoms with Crippen LogP contribution in [0.25, 0.3) is 10.2 Å². The number of anilines is 1. The van der Waals surface area contributed by atoms with E-state index in [2.05, 4.69) is 17.2 Å².